The van der Waals surface area contributed by atoms with E-state index in [0.717, 1.165) is 29.7 Å². The SMILES string of the molecule is CC(C)n1ncc2cc(CN3CCNC(=O)C3(C)C)cnc21. The van der Waals surface area contributed by atoms with Gasteiger partial charge in [-0.1, -0.05) is 0 Å². The molecule has 0 radical (unpaired) electrons. The van der Waals surface area contributed by atoms with Gasteiger partial charge in [-0.25, -0.2) is 9.67 Å². The Balaban J connectivity index is 1.87. The lowest BCUT2D eigenvalue weighted by Crippen LogP contribution is -2.61. The standard InChI is InChI=1S/C16H23N5O/c1-11(2)21-14-13(9-19-21)7-12(8-18-14)10-20-6-5-17-15(22)16(20,3)4/h7-9,11H,5-6,10H2,1-4H3,(H,17,22). The van der Waals surface area contributed by atoms with E-state index in [2.05, 4.69) is 40.2 Å². The van der Waals surface area contributed by atoms with Crippen LogP contribution in [0.1, 0.15) is 39.3 Å². The summed E-state index contributed by atoms with van der Waals surface area (Å²) in [5.41, 5.74) is 1.53. The van der Waals surface area contributed by atoms with Crippen LogP contribution in [-0.4, -0.2) is 44.2 Å². The number of hydrogen-bond acceptors (Lipinski definition) is 4. The summed E-state index contributed by atoms with van der Waals surface area (Å²) in [5, 5.41) is 8.37. The predicted molar refractivity (Wildman–Crippen MR) is 85.4 cm³/mol. The fourth-order valence-electron chi connectivity index (χ4n) is 2.89. The number of nitrogens with one attached hydrogen (secondary N) is 1. The highest BCUT2D eigenvalue weighted by Crippen LogP contribution is 2.22. The first-order valence-electron chi connectivity index (χ1n) is 7.75. The molecule has 3 rings (SSSR count). The largest absolute Gasteiger partial charge is 0.353 e. The Hall–Kier alpha value is -1.95. The lowest BCUT2D eigenvalue weighted by molar-refractivity contribution is -0.135. The van der Waals surface area contributed by atoms with E-state index in [1.165, 1.54) is 0 Å². The second-order valence-corrected chi connectivity index (χ2v) is 6.68. The van der Waals surface area contributed by atoms with Gasteiger partial charge in [-0.05, 0) is 39.3 Å². The van der Waals surface area contributed by atoms with E-state index in [1.54, 1.807) is 0 Å². The topological polar surface area (TPSA) is 63.1 Å². The van der Waals surface area contributed by atoms with Crippen LogP contribution in [0, 0.1) is 0 Å². The molecule has 6 heteroatoms. The lowest BCUT2D eigenvalue weighted by atomic mass is 9.98. The number of aromatic nitrogens is 3. The Kier molecular flexibility index (Phi) is 3.64. The Morgan fingerprint density at radius 1 is 1.36 bits per heavy atom. The van der Waals surface area contributed by atoms with E-state index in [9.17, 15) is 4.79 Å². The number of nitrogens with zero attached hydrogens (tertiary/aromatic N) is 4. The summed E-state index contributed by atoms with van der Waals surface area (Å²) in [7, 11) is 0. The Labute approximate surface area is 130 Å². The Morgan fingerprint density at radius 3 is 2.86 bits per heavy atom. The molecule has 1 aliphatic rings. The zero-order valence-electron chi connectivity index (χ0n) is 13.6. The van der Waals surface area contributed by atoms with E-state index in [-0.39, 0.29) is 5.91 Å². The second kappa shape index (κ2) is 5.35. The van der Waals surface area contributed by atoms with Crippen molar-refractivity contribution in [2.45, 2.75) is 45.8 Å². The van der Waals surface area contributed by atoms with Crippen LogP contribution in [0.25, 0.3) is 11.0 Å². The molecular weight excluding hydrogens is 278 g/mol. The van der Waals surface area contributed by atoms with Crippen LogP contribution in [0.4, 0.5) is 0 Å². The number of piperazine rings is 1. The van der Waals surface area contributed by atoms with Crippen molar-refractivity contribution < 1.29 is 4.79 Å². The van der Waals surface area contributed by atoms with Gasteiger partial charge in [-0.3, -0.25) is 9.69 Å². The van der Waals surface area contributed by atoms with E-state index in [1.807, 2.05) is 30.9 Å². The van der Waals surface area contributed by atoms with Gasteiger partial charge < -0.3 is 5.32 Å². The fraction of sp³-hybridized carbons (Fsp3) is 0.562. The van der Waals surface area contributed by atoms with Crippen LogP contribution in [0.5, 0.6) is 0 Å². The fourth-order valence-corrected chi connectivity index (χ4v) is 2.89. The highest BCUT2D eigenvalue weighted by molar-refractivity contribution is 5.86. The number of hydrogen-bond donors (Lipinski definition) is 1. The van der Waals surface area contributed by atoms with E-state index < -0.39 is 5.54 Å². The second-order valence-electron chi connectivity index (χ2n) is 6.68. The zero-order chi connectivity index (χ0) is 15.9. The number of fused-ring (bicyclic) bond motifs is 1. The molecule has 1 fully saturated rings. The molecule has 6 nitrogen and oxygen atoms in total. The molecule has 0 bridgehead atoms. The van der Waals surface area contributed by atoms with Crippen LogP contribution in [0.15, 0.2) is 18.5 Å². The number of carbonyl (C=O) groups is 1. The van der Waals surface area contributed by atoms with Crippen LogP contribution in [0.2, 0.25) is 0 Å². The molecule has 1 aliphatic heterocycles. The Bertz CT molecular complexity index is 704. The monoisotopic (exact) mass is 301 g/mol. The number of pyridine rings is 1. The van der Waals surface area contributed by atoms with Gasteiger partial charge in [0.15, 0.2) is 5.65 Å². The van der Waals surface area contributed by atoms with Crippen LogP contribution in [0.3, 0.4) is 0 Å². The number of carbonyl (C=O) groups excluding carboxylic acids is 1. The zero-order valence-corrected chi connectivity index (χ0v) is 13.6. The van der Waals surface area contributed by atoms with Crippen molar-refractivity contribution >= 4 is 16.9 Å². The first kappa shape index (κ1) is 15.0. The molecule has 118 valence electrons. The molecule has 1 N–H and O–H groups in total. The van der Waals surface area contributed by atoms with Gasteiger partial charge in [-0.2, -0.15) is 5.10 Å². The minimum Gasteiger partial charge on any atom is -0.353 e. The normalized spacial score (nSPS) is 18.9. The van der Waals surface area contributed by atoms with E-state index in [0.29, 0.717) is 12.6 Å². The third kappa shape index (κ3) is 2.47. The molecule has 3 heterocycles. The van der Waals surface area contributed by atoms with Crippen molar-refractivity contribution in [1.29, 1.82) is 0 Å². The molecule has 1 saturated heterocycles. The minimum atomic E-state index is -0.491. The van der Waals surface area contributed by atoms with Crippen LogP contribution < -0.4 is 5.32 Å². The van der Waals surface area contributed by atoms with E-state index in [4.69, 9.17) is 0 Å². The smallest absolute Gasteiger partial charge is 0.240 e. The van der Waals surface area contributed by atoms with Gasteiger partial charge in [0, 0.05) is 37.3 Å². The molecule has 2 aromatic heterocycles. The summed E-state index contributed by atoms with van der Waals surface area (Å²) in [6, 6.07) is 2.41. The Morgan fingerprint density at radius 2 is 2.14 bits per heavy atom. The van der Waals surface area contributed by atoms with Gasteiger partial charge >= 0.3 is 0 Å². The van der Waals surface area contributed by atoms with Crippen molar-refractivity contribution in [2.24, 2.45) is 0 Å². The maximum Gasteiger partial charge on any atom is 0.240 e. The highest BCUT2D eigenvalue weighted by Gasteiger charge is 2.37. The van der Waals surface area contributed by atoms with Crippen LogP contribution in [-0.2, 0) is 11.3 Å². The summed E-state index contributed by atoms with van der Waals surface area (Å²) in [4.78, 5) is 18.8. The van der Waals surface area contributed by atoms with Crippen molar-refractivity contribution in [2.75, 3.05) is 13.1 Å². The molecule has 0 spiro atoms. The average Bonchev–Trinajstić information content (AvgIpc) is 2.87. The maximum atomic E-state index is 12.0. The third-order valence-corrected chi connectivity index (χ3v) is 4.37. The van der Waals surface area contributed by atoms with Gasteiger partial charge in [0.25, 0.3) is 0 Å². The summed E-state index contributed by atoms with van der Waals surface area (Å²) < 4.78 is 1.93. The van der Waals surface area contributed by atoms with Gasteiger partial charge in [0.2, 0.25) is 5.91 Å². The first-order chi connectivity index (χ1) is 10.4. The molecule has 0 aromatic carbocycles. The van der Waals surface area contributed by atoms with Crippen molar-refractivity contribution in [3.63, 3.8) is 0 Å². The summed E-state index contributed by atoms with van der Waals surface area (Å²) in [6.45, 7) is 10.4. The van der Waals surface area contributed by atoms with Crippen molar-refractivity contribution in [1.82, 2.24) is 25.0 Å². The predicted octanol–water partition coefficient (Wildman–Crippen LogP) is 1.72. The quantitative estimate of drug-likeness (QED) is 0.937. The van der Waals surface area contributed by atoms with Crippen molar-refractivity contribution in [3.05, 3.63) is 24.0 Å². The average molecular weight is 301 g/mol. The molecule has 0 aliphatic carbocycles. The van der Waals surface area contributed by atoms with Gasteiger partial charge in [0.05, 0.1) is 11.7 Å². The number of rotatable bonds is 3. The first-order valence-corrected chi connectivity index (χ1v) is 7.75. The molecule has 0 atom stereocenters. The summed E-state index contributed by atoms with van der Waals surface area (Å²) in [5.74, 6) is 0.0837. The van der Waals surface area contributed by atoms with Crippen LogP contribution >= 0.6 is 0 Å². The minimum absolute atomic E-state index is 0.0837. The highest BCUT2D eigenvalue weighted by atomic mass is 16.2. The molecule has 1 amide bonds. The molecular formula is C16H23N5O. The molecule has 0 saturated carbocycles. The van der Waals surface area contributed by atoms with Gasteiger partial charge in [-0.15, -0.1) is 0 Å². The summed E-state index contributed by atoms with van der Waals surface area (Å²) in [6.07, 6.45) is 3.76. The summed E-state index contributed by atoms with van der Waals surface area (Å²) >= 11 is 0. The third-order valence-electron chi connectivity index (χ3n) is 4.37. The van der Waals surface area contributed by atoms with Gasteiger partial charge in [0.1, 0.15) is 0 Å². The van der Waals surface area contributed by atoms with Crippen molar-refractivity contribution in [3.8, 4) is 0 Å². The molecule has 0 unspecified atom stereocenters. The maximum absolute atomic E-state index is 12.0. The number of amides is 1. The lowest BCUT2D eigenvalue weighted by Gasteiger charge is -2.41. The molecule has 2 aromatic rings. The van der Waals surface area contributed by atoms with E-state index >= 15 is 0 Å². The molecule has 22 heavy (non-hydrogen) atoms.